The molecule has 2 rings (SSSR count). The van der Waals surface area contributed by atoms with E-state index in [1.165, 1.54) is 18.4 Å². The van der Waals surface area contributed by atoms with Crippen LogP contribution in [-0.4, -0.2) is 25.7 Å². The maximum Gasteiger partial charge on any atom is 0.285 e. The first-order valence-corrected chi connectivity index (χ1v) is 7.11. The molecule has 1 amide bonds. The van der Waals surface area contributed by atoms with E-state index in [2.05, 4.69) is 9.71 Å². The lowest BCUT2D eigenvalue weighted by atomic mass is 10.2. The SMILES string of the molecule is CSC(=O)NC1=NS(=O)(=O)c2cccc(F)c21. The molecule has 1 aromatic carbocycles. The average Bonchev–Trinajstić information content (AvgIpc) is 2.52. The van der Waals surface area contributed by atoms with Crippen LogP contribution in [0.3, 0.4) is 0 Å². The summed E-state index contributed by atoms with van der Waals surface area (Å²) in [5, 5.41) is 1.73. The van der Waals surface area contributed by atoms with Gasteiger partial charge in [-0.15, -0.1) is 4.40 Å². The first kappa shape index (κ1) is 12.1. The Labute approximate surface area is 101 Å². The van der Waals surface area contributed by atoms with Crippen LogP contribution in [-0.2, 0) is 10.0 Å². The van der Waals surface area contributed by atoms with Crippen molar-refractivity contribution < 1.29 is 17.6 Å². The van der Waals surface area contributed by atoms with Gasteiger partial charge in [0.25, 0.3) is 15.3 Å². The summed E-state index contributed by atoms with van der Waals surface area (Å²) in [4.78, 5) is 10.9. The zero-order chi connectivity index (χ0) is 12.6. The largest absolute Gasteiger partial charge is 0.300 e. The molecule has 0 saturated carbocycles. The van der Waals surface area contributed by atoms with E-state index in [1.807, 2.05) is 0 Å². The zero-order valence-corrected chi connectivity index (χ0v) is 10.2. The van der Waals surface area contributed by atoms with Crippen molar-refractivity contribution in [1.82, 2.24) is 5.32 Å². The normalized spacial score (nSPS) is 16.2. The van der Waals surface area contributed by atoms with Gasteiger partial charge in [-0.1, -0.05) is 17.8 Å². The second kappa shape index (κ2) is 4.11. The number of sulfonamides is 1. The van der Waals surface area contributed by atoms with Gasteiger partial charge in [0.15, 0.2) is 5.84 Å². The minimum absolute atomic E-state index is 0.185. The molecule has 17 heavy (non-hydrogen) atoms. The van der Waals surface area contributed by atoms with Gasteiger partial charge >= 0.3 is 0 Å². The van der Waals surface area contributed by atoms with Crippen LogP contribution in [0.2, 0.25) is 0 Å². The number of halogens is 1. The number of fused-ring (bicyclic) bond motifs is 1. The van der Waals surface area contributed by atoms with Gasteiger partial charge in [0.2, 0.25) is 0 Å². The van der Waals surface area contributed by atoms with Crippen LogP contribution in [0.1, 0.15) is 5.56 Å². The Morgan fingerprint density at radius 2 is 2.18 bits per heavy atom. The smallest absolute Gasteiger partial charge is 0.285 e. The molecule has 0 spiro atoms. The van der Waals surface area contributed by atoms with Crippen LogP contribution >= 0.6 is 11.8 Å². The summed E-state index contributed by atoms with van der Waals surface area (Å²) >= 11 is 0.844. The van der Waals surface area contributed by atoms with Crippen LogP contribution < -0.4 is 5.32 Å². The lowest BCUT2D eigenvalue weighted by Crippen LogP contribution is -2.27. The molecule has 8 heteroatoms. The summed E-state index contributed by atoms with van der Waals surface area (Å²) in [6.07, 6.45) is 1.52. The van der Waals surface area contributed by atoms with Gasteiger partial charge in [-0.05, 0) is 18.4 Å². The van der Waals surface area contributed by atoms with Crippen LogP contribution in [0.5, 0.6) is 0 Å². The number of carbonyl (C=O) groups is 1. The third kappa shape index (κ3) is 2.05. The fourth-order valence-electron chi connectivity index (χ4n) is 1.40. The van der Waals surface area contributed by atoms with Gasteiger partial charge in [0.05, 0.1) is 5.56 Å². The lowest BCUT2D eigenvalue weighted by Gasteiger charge is -2.03. The standard InChI is InChI=1S/C9H7FN2O3S2/c1-16-9(13)11-8-7-5(10)3-2-4-6(7)17(14,15)12-8/h2-4H,1H3,(H,11,12,13). The van der Waals surface area contributed by atoms with Crippen molar-refractivity contribution in [2.75, 3.05) is 6.26 Å². The molecule has 0 radical (unpaired) electrons. The summed E-state index contributed by atoms with van der Waals surface area (Å²) in [6.45, 7) is 0. The topological polar surface area (TPSA) is 75.6 Å². The predicted octanol–water partition coefficient (Wildman–Crippen LogP) is 1.35. The monoisotopic (exact) mass is 274 g/mol. The summed E-state index contributed by atoms with van der Waals surface area (Å²) in [6, 6.07) is 3.64. The molecule has 0 fully saturated rings. The number of benzene rings is 1. The summed E-state index contributed by atoms with van der Waals surface area (Å²) in [5.74, 6) is -0.999. The Balaban J connectivity index is 2.56. The van der Waals surface area contributed by atoms with Crippen LogP contribution in [0, 0.1) is 5.82 Å². The molecule has 1 aliphatic rings. The molecule has 1 aliphatic heterocycles. The van der Waals surface area contributed by atoms with Gasteiger partial charge in [-0.25, -0.2) is 4.39 Å². The second-order valence-corrected chi connectivity index (χ2v) is 5.50. The molecule has 90 valence electrons. The molecule has 1 N–H and O–H groups in total. The molecule has 1 heterocycles. The van der Waals surface area contributed by atoms with Crippen molar-refractivity contribution in [1.29, 1.82) is 0 Å². The number of amides is 1. The van der Waals surface area contributed by atoms with E-state index >= 15 is 0 Å². The third-order valence-electron chi connectivity index (χ3n) is 2.11. The van der Waals surface area contributed by atoms with Crippen LogP contribution in [0.4, 0.5) is 9.18 Å². The highest BCUT2D eigenvalue weighted by atomic mass is 32.2. The Bertz CT molecular complexity index is 625. The molecule has 0 aromatic heterocycles. The van der Waals surface area contributed by atoms with Crippen molar-refractivity contribution in [3.8, 4) is 0 Å². The highest BCUT2D eigenvalue weighted by molar-refractivity contribution is 8.13. The summed E-state index contributed by atoms with van der Waals surface area (Å²) in [7, 11) is -3.91. The number of carbonyl (C=O) groups excluding carboxylic acids is 1. The van der Waals surface area contributed by atoms with E-state index in [9.17, 15) is 17.6 Å². The maximum atomic E-state index is 13.5. The fourth-order valence-corrected chi connectivity index (χ4v) is 2.77. The molecule has 0 bridgehead atoms. The van der Waals surface area contributed by atoms with Crippen LogP contribution in [0.15, 0.2) is 27.5 Å². The van der Waals surface area contributed by atoms with Gasteiger partial charge in [0, 0.05) is 0 Å². The van der Waals surface area contributed by atoms with Crippen molar-refractivity contribution in [3.63, 3.8) is 0 Å². The van der Waals surface area contributed by atoms with Crippen molar-refractivity contribution in [3.05, 3.63) is 29.6 Å². The van der Waals surface area contributed by atoms with E-state index in [0.29, 0.717) is 0 Å². The van der Waals surface area contributed by atoms with E-state index in [0.717, 1.165) is 17.8 Å². The Morgan fingerprint density at radius 3 is 2.82 bits per heavy atom. The average molecular weight is 274 g/mol. The van der Waals surface area contributed by atoms with Gasteiger partial charge in [-0.3, -0.25) is 4.79 Å². The molecule has 5 nitrogen and oxygen atoms in total. The number of rotatable bonds is 0. The number of thioether (sulfide) groups is 1. The van der Waals surface area contributed by atoms with E-state index < -0.39 is 21.1 Å². The van der Waals surface area contributed by atoms with Gasteiger partial charge in [0.1, 0.15) is 10.7 Å². The van der Waals surface area contributed by atoms with E-state index in [1.54, 1.807) is 0 Å². The Kier molecular flexibility index (Phi) is 2.92. The molecule has 0 atom stereocenters. The van der Waals surface area contributed by atoms with Gasteiger partial charge < -0.3 is 5.32 Å². The molecule has 0 aliphatic carbocycles. The number of nitrogens with one attached hydrogen (secondary N) is 1. The molecule has 1 aromatic rings. The van der Waals surface area contributed by atoms with E-state index in [-0.39, 0.29) is 16.3 Å². The summed E-state index contributed by atoms with van der Waals surface area (Å²) in [5.41, 5.74) is -0.185. The van der Waals surface area contributed by atoms with E-state index in [4.69, 9.17) is 0 Å². The number of amidine groups is 1. The number of hydrogen-bond acceptors (Lipinski definition) is 4. The van der Waals surface area contributed by atoms with Gasteiger partial charge in [-0.2, -0.15) is 8.42 Å². The number of nitrogens with zero attached hydrogens (tertiary/aromatic N) is 1. The quantitative estimate of drug-likeness (QED) is 0.774. The maximum absolute atomic E-state index is 13.5. The lowest BCUT2D eigenvalue weighted by molar-refractivity contribution is 0.264. The van der Waals surface area contributed by atoms with Crippen LogP contribution in [0.25, 0.3) is 0 Å². The highest BCUT2D eigenvalue weighted by Crippen LogP contribution is 2.27. The molecule has 0 unspecified atom stereocenters. The Hall–Kier alpha value is -1.41. The minimum Gasteiger partial charge on any atom is -0.300 e. The van der Waals surface area contributed by atoms with Crippen molar-refractivity contribution in [2.24, 2.45) is 4.40 Å². The first-order chi connectivity index (χ1) is 7.95. The minimum atomic E-state index is -3.91. The molecular formula is C9H7FN2O3S2. The molecule has 0 saturated heterocycles. The number of hydrogen-bond donors (Lipinski definition) is 1. The fraction of sp³-hybridized carbons (Fsp3) is 0.111. The van der Waals surface area contributed by atoms with Crippen molar-refractivity contribution >= 4 is 32.9 Å². The second-order valence-electron chi connectivity index (χ2n) is 3.14. The van der Waals surface area contributed by atoms with Crippen molar-refractivity contribution in [2.45, 2.75) is 4.90 Å². The first-order valence-electron chi connectivity index (χ1n) is 4.44. The summed E-state index contributed by atoms with van der Waals surface area (Å²) < 4.78 is 40.0. The molecular weight excluding hydrogens is 267 g/mol. The predicted molar refractivity (Wildman–Crippen MR) is 62.2 cm³/mol. The zero-order valence-electron chi connectivity index (χ0n) is 8.60. The Morgan fingerprint density at radius 1 is 1.47 bits per heavy atom. The third-order valence-corrected chi connectivity index (χ3v) is 3.90. The highest BCUT2D eigenvalue weighted by Gasteiger charge is 2.32.